The summed E-state index contributed by atoms with van der Waals surface area (Å²) in [5.74, 6) is 0.492. The molecule has 2 aliphatic rings. The number of morpholine rings is 1. The Hall–Kier alpha value is -1.70. The van der Waals surface area contributed by atoms with Crippen molar-refractivity contribution >= 4 is 22.0 Å². The number of hydrogen-bond acceptors (Lipinski definition) is 4. The van der Waals surface area contributed by atoms with Gasteiger partial charge in [0.2, 0.25) is 15.9 Å². The molecule has 1 aliphatic heterocycles. The number of amides is 1. The fraction of sp³-hybridized carbons (Fsp3) is 0.550. The quantitative estimate of drug-likeness (QED) is 0.755. The molecule has 0 radical (unpaired) electrons. The van der Waals surface area contributed by atoms with Gasteiger partial charge in [0.15, 0.2) is 0 Å². The maximum Gasteiger partial charge on any atom is 0.244 e. The second kappa shape index (κ2) is 9.48. The van der Waals surface area contributed by atoms with E-state index >= 15 is 0 Å². The first-order chi connectivity index (χ1) is 13.1. The first-order valence-corrected chi connectivity index (χ1v) is 11.1. The van der Waals surface area contributed by atoms with Crippen LogP contribution in [0.5, 0.6) is 0 Å². The van der Waals surface area contributed by atoms with Crippen LogP contribution in [0.2, 0.25) is 0 Å². The highest BCUT2D eigenvalue weighted by Crippen LogP contribution is 2.22. The molecular weight excluding hydrogens is 364 g/mol. The third kappa shape index (κ3) is 5.64. The molecule has 0 unspecified atom stereocenters. The lowest BCUT2D eigenvalue weighted by Crippen LogP contribution is -2.40. The van der Waals surface area contributed by atoms with Gasteiger partial charge in [0.25, 0.3) is 0 Å². The van der Waals surface area contributed by atoms with Gasteiger partial charge in [0, 0.05) is 25.7 Å². The molecule has 1 saturated heterocycles. The SMILES string of the molecule is O=C(C=Cc1ccc(S(=O)(=O)N2CCOCC2)cc1)NCC1CCCCC1. The Morgan fingerprint density at radius 3 is 2.44 bits per heavy atom. The topological polar surface area (TPSA) is 75.7 Å². The number of benzene rings is 1. The number of sulfonamides is 1. The van der Waals surface area contributed by atoms with Crippen LogP contribution < -0.4 is 5.32 Å². The molecule has 1 N–H and O–H groups in total. The van der Waals surface area contributed by atoms with Gasteiger partial charge in [-0.1, -0.05) is 31.4 Å². The van der Waals surface area contributed by atoms with Crippen LogP contribution in [-0.4, -0.2) is 51.5 Å². The van der Waals surface area contributed by atoms with Gasteiger partial charge in [-0.05, 0) is 42.5 Å². The van der Waals surface area contributed by atoms with Crippen molar-refractivity contribution in [3.63, 3.8) is 0 Å². The minimum atomic E-state index is -3.48. The molecule has 1 aromatic rings. The van der Waals surface area contributed by atoms with E-state index in [1.807, 2.05) is 0 Å². The van der Waals surface area contributed by atoms with Gasteiger partial charge in [-0.2, -0.15) is 4.31 Å². The van der Waals surface area contributed by atoms with Gasteiger partial charge in [-0.3, -0.25) is 4.79 Å². The van der Waals surface area contributed by atoms with E-state index in [0.717, 1.165) is 12.1 Å². The third-order valence-electron chi connectivity index (χ3n) is 5.20. The normalized spacial score (nSPS) is 20.0. The second-order valence-electron chi connectivity index (χ2n) is 7.17. The average Bonchev–Trinajstić information content (AvgIpc) is 2.72. The van der Waals surface area contributed by atoms with Crippen LogP contribution in [0.3, 0.4) is 0 Å². The summed E-state index contributed by atoms with van der Waals surface area (Å²) in [6.07, 6.45) is 9.44. The molecule has 0 spiro atoms. The summed E-state index contributed by atoms with van der Waals surface area (Å²) in [5, 5.41) is 2.96. The molecule has 0 aromatic heterocycles. The zero-order valence-electron chi connectivity index (χ0n) is 15.6. The van der Waals surface area contributed by atoms with Crippen LogP contribution in [-0.2, 0) is 19.6 Å². The molecule has 1 aliphatic carbocycles. The van der Waals surface area contributed by atoms with Crippen molar-refractivity contribution in [2.24, 2.45) is 5.92 Å². The zero-order valence-corrected chi connectivity index (χ0v) is 16.4. The third-order valence-corrected chi connectivity index (χ3v) is 7.12. The van der Waals surface area contributed by atoms with Crippen LogP contribution in [0.25, 0.3) is 6.08 Å². The average molecular weight is 393 g/mol. The van der Waals surface area contributed by atoms with Crippen LogP contribution in [0.15, 0.2) is 35.2 Å². The Balaban J connectivity index is 1.53. The van der Waals surface area contributed by atoms with Crippen molar-refractivity contribution < 1.29 is 17.9 Å². The lowest BCUT2D eigenvalue weighted by Gasteiger charge is -2.26. The monoisotopic (exact) mass is 392 g/mol. The highest BCUT2D eigenvalue weighted by atomic mass is 32.2. The van der Waals surface area contributed by atoms with Crippen LogP contribution in [0, 0.1) is 5.92 Å². The van der Waals surface area contributed by atoms with Crippen LogP contribution in [0.4, 0.5) is 0 Å². The summed E-state index contributed by atoms with van der Waals surface area (Å²) in [4.78, 5) is 12.2. The van der Waals surface area contributed by atoms with Crippen molar-refractivity contribution in [1.82, 2.24) is 9.62 Å². The highest BCUT2D eigenvalue weighted by molar-refractivity contribution is 7.89. The molecule has 148 valence electrons. The van der Waals surface area contributed by atoms with E-state index in [1.165, 1.54) is 42.5 Å². The van der Waals surface area contributed by atoms with Gasteiger partial charge < -0.3 is 10.1 Å². The van der Waals surface area contributed by atoms with Gasteiger partial charge in [-0.25, -0.2) is 8.42 Å². The van der Waals surface area contributed by atoms with E-state index in [-0.39, 0.29) is 10.8 Å². The van der Waals surface area contributed by atoms with E-state index in [2.05, 4.69) is 5.32 Å². The maximum absolute atomic E-state index is 12.6. The van der Waals surface area contributed by atoms with Crippen molar-refractivity contribution in [3.8, 4) is 0 Å². The van der Waals surface area contributed by atoms with Crippen molar-refractivity contribution in [2.45, 2.75) is 37.0 Å². The Morgan fingerprint density at radius 2 is 1.78 bits per heavy atom. The number of nitrogens with zero attached hydrogens (tertiary/aromatic N) is 1. The maximum atomic E-state index is 12.6. The summed E-state index contributed by atoms with van der Waals surface area (Å²) in [6, 6.07) is 6.62. The summed E-state index contributed by atoms with van der Waals surface area (Å²) >= 11 is 0. The predicted molar refractivity (Wildman–Crippen MR) is 105 cm³/mol. The molecule has 1 heterocycles. The molecule has 1 saturated carbocycles. The Bertz CT molecular complexity index is 747. The predicted octanol–water partition coefficient (Wildman–Crippen LogP) is 2.42. The fourth-order valence-corrected chi connectivity index (χ4v) is 4.96. The number of carbonyl (C=O) groups excluding carboxylic acids is 1. The zero-order chi connectivity index (χ0) is 19.1. The van der Waals surface area contributed by atoms with Gasteiger partial charge in [-0.15, -0.1) is 0 Å². The van der Waals surface area contributed by atoms with Crippen molar-refractivity contribution in [3.05, 3.63) is 35.9 Å². The minimum absolute atomic E-state index is 0.106. The van der Waals surface area contributed by atoms with E-state index in [1.54, 1.807) is 30.3 Å². The Morgan fingerprint density at radius 1 is 1.11 bits per heavy atom. The number of hydrogen-bond donors (Lipinski definition) is 1. The molecule has 3 rings (SSSR count). The molecule has 6 nitrogen and oxygen atoms in total. The molecule has 1 aromatic carbocycles. The molecule has 0 bridgehead atoms. The summed E-state index contributed by atoms with van der Waals surface area (Å²) in [6.45, 7) is 2.35. The lowest BCUT2D eigenvalue weighted by atomic mass is 9.89. The fourth-order valence-electron chi connectivity index (χ4n) is 3.55. The number of carbonyl (C=O) groups is 1. The van der Waals surface area contributed by atoms with Crippen molar-refractivity contribution in [1.29, 1.82) is 0 Å². The molecule has 27 heavy (non-hydrogen) atoms. The number of rotatable bonds is 6. The second-order valence-corrected chi connectivity index (χ2v) is 9.11. The highest BCUT2D eigenvalue weighted by Gasteiger charge is 2.25. The van der Waals surface area contributed by atoms with E-state index < -0.39 is 10.0 Å². The molecule has 7 heteroatoms. The first kappa shape index (κ1) is 20.0. The number of ether oxygens (including phenoxy) is 1. The first-order valence-electron chi connectivity index (χ1n) is 9.69. The molecular formula is C20H28N2O4S. The smallest absolute Gasteiger partial charge is 0.244 e. The van der Waals surface area contributed by atoms with E-state index in [9.17, 15) is 13.2 Å². The van der Waals surface area contributed by atoms with Crippen molar-refractivity contribution in [2.75, 3.05) is 32.8 Å². The minimum Gasteiger partial charge on any atom is -0.379 e. The van der Waals surface area contributed by atoms with E-state index in [0.29, 0.717) is 32.2 Å². The summed E-state index contributed by atoms with van der Waals surface area (Å²) in [7, 11) is -3.48. The van der Waals surface area contributed by atoms with Gasteiger partial charge in [0.1, 0.15) is 0 Å². The molecule has 0 atom stereocenters. The van der Waals surface area contributed by atoms with Crippen LogP contribution >= 0.6 is 0 Å². The summed E-state index contributed by atoms with van der Waals surface area (Å²) < 4.78 is 31.8. The standard InChI is InChI=1S/C20H28N2O4S/c23-20(21-16-18-4-2-1-3-5-18)11-8-17-6-9-19(10-7-17)27(24,25)22-12-14-26-15-13-22/h6-11,18H,1-5,12-16H2,(H,21,23). The summed E-state index contributed by atoms with van der Waals surface area (Å²) in [5.41, 5.74) is 0.795. The van der Waals surface area contributed by atoms with Crippen LogP contribution in [0.1, 0.15) is 37.7 Å². The largest absolute Gasteiger partial charge is 0.379 e. The Labute approximate surface area is 161 Å². The molecule has 1 amide bonds. The molecule has 2 fully saturated rings. The van der Waals surface area contributed by atoms with Gasteiger partial charge in [0.05, 0.1) is 18.1 Å². The van der Waals surface area contributed by atoms with E-state index in [4.69, 9.17) is 4.74 Å². The number of nitrogens with one attached hydrogen (secondary N) is 1. The Kier molecular flexibility index (Phi) is 7.04. The lowest BCUT2D eigenvalue weighted by molar-refractivity contribution is -0.116. The van der Waals surface area contributed by atoms with Gasteiger partial charge >= 0.3 is 0 Å².